The second kappa shape index (κ2) is 5.34. The van der Waals surface area contributed by atoms with E-state index in [0.29, 0.717) is 0 Å². The van der Waals surface area contributed by atoms with Gasteiger partial charge in [0.2, 0.25) is 0 Å². The molecule has 2 rings (SSSR count). The van der Waals surface area contributed by atoms with Crippen molar-refractivity contribution in [3.63, 3.8) is 0 Å². The van der Waals surface area contributed by atoms with E-state index in [1.807, 2.05) is 7.05 Å². The maximum Gasteiger partial charge on any atom is 0.0680 e. The van der Waals surface area contributed by atoms with Crippen LogP contribution in [0.15, 0.2) is 34.1 Å². The molecule has 0 aliphatic heterocycles. The molecule has 1 nitrogen and oxygen atoms in total. The summed E-state index contributed by atoms with van der Waals surface area (Å²) in [5, 5.41) is 5.50. The number of thiophene rings is 1. The smallest absolute Gasteiger partial charge is 0.0680 e. The van der Waals surface area contributed by atoms with Crippen LogP contribution < -0.4 is 5.32 Å². The first-order chi connectivity index (χ1) is 8.13. The molecule has 1 aromatic carbocycles. The lowest BCUT2D eigenvalue weighted by Crippen LogP contribution is -2.17. The van der Waals surface area contributed by atoms with Crippen molar-refractivity contribution in [1.29, 1.82) is 0 Å². The van der Waals surface area contributed by atoms with Crippen LogP contribution in [-0.4, -0.2) is 7.05 Å². The van der Waals surface area contributed by atoms with Crippen molar-refractivity contribution in [3.8, 4) is 0 Å². The molecule has 0 aliphatic rings. The molecule has 17 heavy (non-hydrogen) atoms. The summed E-state index contributed by atoms with van der Waals surface area (Å²) >= 11 is 5.39. The summed E-state index contributed by atoms with van der Waals surface area (Å²) in [6.07, 6.45) is 0. The number of hydrogen-bond acceptors (Lipinski definition) is 2. The molecule has 1 unspecified atom stereocenters. The number of benzene rings is 1. The minimum atomic E-state index is 0.267. The predicted molar refractivity (Wildman–Crippen MR) is 78.8 cm³/mol. The largest absolute Gasteiger partial charge is 0.309 e. The monoisotopic (exact) mass is 309 g/mol. The third kappa shape index (κ3) is 2.62. The lowest BCUT2D eigenvalue weighted by atomic mass is 10.0. The van der Waals surface area contributed by atoms with Gasteiger partial charge in [0, 0.05) is 9.35 Å². The summed E-state index contributed by atoms with van der Waals surface area (Å²) in [7, 11) is 2.01. The van der Waals surface area contributed by atoms with Crippen LogP contribution in [0.4, 0.5) is 0 Å². The van der Waals surface area contributed by atoms with Crippen LogP contribution in [0.5, 0.6) is 0 Å². The maximum absolute atomic E-state index is 3.61. The third-order valence-corrected chi connectivity index (χ3v) is 5.00. The van der Waals surface area contributed by atoms with Gasteiger partial charge in [0.15, 0.2) is 0 Å². The molecule has 1 N–H and O–H groups in total. The van der Waals surface area contributed by atoms with E-state index in [4.69, 9.17) is 0 Å². The third-order valence-electron chi connectivity index (χ3n) is 3.06. The lowest BCUT2D eigenvalue weighted by molar-refractivity contribution is 0.700. The SMILES string of the molecule is CNC(c1ccc(C)c(C)c1)c1sccc1Br. The van der Waals surface area contributed by atoms with Gasteiger partial charge < -0.3 is 5.32 Å². The predicted octanol–water partition coefficient (Wildman–Crippen LogP) is 4.44. The van der Waals surface area contributed by atoms with E-state index in [9.17, 15) is 0 Å². The summed E-state index contributed by atoms with van der Waals surface area (Å²) in [5.74, 6) is 0. The zero-order chi connectivity index (χ0) is 12.4. The summed E-state index contributed by atoms with van der Waals surface area (Å²) in [5.41, 5.74) is 4.00. The summed E-state index contributed by atoms with van der Waals surface area (Å²) in [6.45, 7) is 4.31. The fourth-order valence-electron chi connectivity index (χ4n) is 1.90. The first kappa shape index (κ1) is 12.8. The van der Waals surface area contributed by atoms with E-state index in [-0.39, 0.29) is 6.04 Å². The highest BCUT2D eigenvalue weighted by atomic mass is 79.9. The van der Waals surface area contributed by atoms with Crippen LogP contribution in [0.1, 0.15) is 27.6 Å². The molecule has 0 spiro atoms. The molecule has 0 fully saturated rings. The molecule has 1 aromatic heterocycles. The fourth-order valence-corrected chi connectivity index (χ4v) is 3.64. The van der Waals surface area contributed by atoms with Crippen molar-refractivity contribution >= 4 is 27.3 Å². The molecule has 90 valence electrons. The number of halogens is 1. The Morgan fingerprint density at radius 2 is 1.94 bits per heavy atom. The lowest BCUT2D eigenvalue weighted by Gasteiger charge is -2.17. The van der Waals surface area contributed by atoms with Gasteiger partial charge in [-0.05, 0) is 65.0 Å². The van der Waals surface area contributed by atoms with Crippen LogP contribution in [0, 0.1) is 13.8 Å². The fraction of sp³-hybridized carbons (Fsp3) is 0.286. The molecule has 0 saturated carbocycles. The van der Waals surface area contributed by atoms with Gasteiger partial charge >= 0.3 is 0 Å². The van der Waals surface area contributed by atoms with Crippen molar-refractivity contribution in [1.82, 2.24) is 5.32 Å². The molecule has 1 heterocycles. The van der Waals surface area contributed by atoms with Crippen LogP contribution in [0.2, 0.25) is 0 Å². The molecule has 3 heteroatoms. The molecule has 0 radical (unpaired) electrons. The minimum absolute atomic E-state index is 0.267. The van der Waals surface area contributed by atoms with Gasteiger partial charge in [0.25, 0.3) is 0 Å². The minimum Gasteiger partial charge on any atom is -0.309 e. The molecular weight excluding hydrogens is 294 g/mol. The van der Waals surface area contributed by atoms with E-state index in [0.717, 1.165) is 0 Å². The van der Waals surface area contributed by atoms with E-state index in [2.05, 4.69) is 64.7 Å². The van der Waals surface area contributed by atoms with Gasteiger partial charge in [-0.3, -0.25) is 0 Å². The van der Waals surface area contributed by atoms with Crippen LogP contribution >= 0.6 is 27.3 Å². The molecule has 1 atom stereocenters. The van der Waals surface area contributed by atoms with E-state index in [1.54, 1.807) is 11.3 Å². The molecular formula is C14H16BrNS. The second-order valence-electron chi connectivity index (χ2n) is 4.20. The van der Waals surface area contributed by atoms with Crippen LogP contribution in [-0.2, 0) is 0 Å². The Balaban J connectivity index is 2.42. The first-order valence-electron chi connectivity index (χ1n) is 5.60. The Kier molecular flexibility index (Phi) is 4.02. The number of hydrogen-bond donors (Lipinski definition) is 1. The zero-order valence-electron chi connectivity index (χ0n) is 10.3. The average Bonchev–Trinajstić information content (AvgIpc) is 2.71. The van der Waals surface area contributed by atoms with E-state index < -0.39 is 0 Å². The van der Waals surface area contributed by atoms with Crippen molar-refractivity contribution < 1.29 is 0 Å². The highest BCUT2D eigenvalue weighted by Crippen LogP contribution is 2.33. The first-order valence-corrected chi connectivity index (χ1v) is 7.28. The number of nitrogens with one attached hydrogen (secondary N) is 1. The van der Waals surface area contributed by atoms with E-state index >= 15 is 0 Å². The molecule has 0 saturated heterocycles. The molecule has 0 aliphatic carbocycles. The van der Waals surface area contributed by atoms with Gasteiger partial charge in [-0.25, -0.2) is 0 Å². The number of rotatable bonds is 3. The Morgan fingerprint density at radius 3 is 2.47 bits per heavy atom. The van der Waals surface area contributed by atoms with Crippen LogP contribution in [0.3, 0.4) is 0 Å². The van der Waals surface area contributed by atoms with Gasteiger partial charge in [-0.15, -0.1) is 11.3 Å². The Hall–Kier alpha value is -0.640. The van der Waals surface area contributed by atoms with Crippen molar-refractivity contribution in [2.75, 3.05) is 7.05 Å². The maximum atomic E-state index is 3.61. The standard InChI is InChI=1S/C14H16BrNS/c1-9-4-5-11(8-10(9)2)13(16-3)14-12(15)6-7-17-14/h4-8,13,16H,1-3H3. The molecule has 0 bridgehead atoms. The van der Waals surface area contributed by atoms with Crippen LogP contribution in [0.25, 0.3) is 0 Å². The van der Waals surface area contributed by atoms with Gasteiger partial charge in [0.05, 0.1) is 6.04 Å². The van der Waals surface area contributed by atoms with Gasteiger partial charge in [0.1, 0.15) is 0 Å². The quantitative estimate of drug-likeness (QED) is 0.884. The highest BCUT2D eigenvalue weighted by Gasteiger charge is 2.16. The van der Waals surface area contributed by atoms with Crippen molar-refractivity contribution in [3.05, 3.63) is 55.7 Å². The van der Waals surface area contributed by atoms with E-state index in [1.165, 1.54) is 26.0 Å². The molecule has 2 aromatic rings. The summed E-state index contributed by atoms with van der Waals surface area (Å²) in [6, 6.07) is 9.03. The van der Waals surface area contributed by atoms with Gasteiger partial charge in [-0.2, -0.15) is 0 Å². The number of aryl methyl sites for hydroxylation is 2. The Labute approximate surface area is 115 Å². The molecule has 0 amide bonds. The van der Waals surface area contributed by atoms with Crippen molar-refractivity contribution in [2.24, 2.45) is 0 Å². The topological polar surface area (TPSA) is 12.0 Å². The normalized spacial score (nSPS) is 12.7. The highest BCUT2D eigenvalue weighted by molar-refractivity contribution is 9.10. The van der Waals surface area contributed by atoms with Gasteiger partial charge in [-0.1, -0.05) is 18.2 Å². The average molecular weight is 310 g/mol. The Morgan fingerprint density at radius 1 is 1.18 bits per heavy atom. The summed E-state index contributed by atoms with van der Waals surface area (Å²) in [4.78, 5) is 1.33. The second-order valence-corrected chi connectivity index (χ2v) is 6.00. The summed E-state index contributed by atoms with van der Waals surface area (Å²) < 4.78 is 1.18. The Bertz CT molecular complexity index is 519. The zero-order valence-corrected chi connectivity index (χ0v) is 12.7. The van der Waals surface area contributed by atoms with Crippen molar-refractivity contribution in [2.45, 2.75) is 19.9 Å².